The van der Waals surface area contributed by atoms with Gasteiger partial charge in [-0.1, -0.05) is 43.9 Å². The summed E-state index contributed by atoms with van der Waals surface area (Å²) in [5.74, 6) is -0.00431. The molecule has 0 unspecified atom stereocenters. The number of hydrogen-bond donors (Lipinski definition) is 0. The van der Waals surface area contributed by atoms with E-state index in [1.165, 1.54) is 6.07 Å². The Balaban J connectivity index is 2.17. The third-order valence-corrected chi connectivity index (χ3v) is 24.5. The summed E-state index contributed by atoms with van der Waals surface area (Å²) in [7, 11) is -2.13. The van der Waals surface area contributed by atoms with Crippen molar-refractivity contribution >= 4 is 37.5 Å². The molecule has 0 saturated carbocycles. The number of benzene rings is 2. The second kappa shape index (κ2) is 5.91. The van der Waals surface area contributed by atoms with Gasteiger partial charge in [0.25, 0.3) is 5.91 Å². The standard InChI is InChI=1S/C22H25FNO2Si2/c1-12-9-14-13(7-8-17(23)15(14)10-12)19-16(22(24)25)11-18-20(26-2)21(19)28(5,6)27(18,3)4/h7-9,11,24H,10H2,1-6H3. The van der Waals surface area contributed by atoms with Gasteiger partial charge in [0, 0.05) is 5.56 Å². The number of rotatable bonds is 3. The van der Waals surface area contributed by atoms with Crippen molar-refractivity contribution in [3.8, 4) is 16.9 Å². The Morgan fingerprint density at radius 2 is 1.86 bits per heavy atom. The lowest BCUT2D eigenvalue weighted by molar-refractivity contribution is 0.0993. The second-order valence-electron chi connectivity index (χ2n) is 8.99. The molecule has 1 aliphatic heterocycles. The second-order valence-corrected chi connectivity index (χ2v) is 24.0. The fraction of sp³-hybridized carbons (Fsp3) is 0.318. The molecule has 28 heavy (non-hydrogen) atoms. The molecule has 0 spiro atoms. The zero-order valence-electron chi connectivity index (χ0n) is 17.2. The molecule has 1 radical (unpaired) electrons. The number of methoxy groups -OCH3 is 1. The van der Waals surface area contributed by atoms with Crippen molar-refractivity contribution in [2.24, 2.45) is 0 Å². The maximum Gasteiger partial charge on any atom is 0.270 e. The molecule has 2 aromatic carbocycles. The van der Waals surface area contributed by atoms with E-state index in [9.17, 15) is 9.18 Å². The number of amides is 1. The average Bonchev–Trinajstić information content (AvgIpc) is 3.05. The van der Waals surface area contributed by atoms with Gasteiger partial charge in [0.1, 0.15) is 11.6 Å². The quantitative estimate of drug-likeness (QED) is 0.723. The van der Waals surface area contributed by atoms with Crippen molar-refractivity contribution in [2.45, 2.75) is 39.5 Å². The smallest absolute Gasteiger partial charge is 0.270 e. The van der Waals surface area contributed by atoms with Crippen LogP contribution >= 0.6 is 0 Å². The van der Waals surface area contributed by atoms with Gasteiger partial charge in [-0.2, -0.15) is 0 Å². The van der Waals surface area contributed by atoms with Gasteiger partial charge in [-0.3, -0.25) is 10.5 Å². The molecular formula is C22H25FNO2Si2. The highest BCUT2D eigenvalue weighted by atomic mass is 29.3. The van der Waals surface area contributed by atoms with Crippen LogP contribution in [-0.4, -0.2) is 28.2 Å². The lowest BCUT2D eigenvalue weighted by Crippen LogP contribution is -2.63. The van der Waals surface area contributed by atoms with Crippen LogP contribution in [0.3, 0.4) is 0 Å². The fourth-order valence-corrected chi connectivity index (χ4v) is 14.4. The highest BCUT2D eigenvalue weighted by Gasteiger charge is 2.55. The molecular weight excluding hydrogens is 385 g/mol. The zero-order chi connectivity index (χ0) is 20.6. The first-order chi connectivity index (χ1) is 13.0. The van der Waals surface area contributed by atoms with E-state index in [4.69, 9.17) is 10.5 Å². The summed E-state index contributed by atoms with van der Waals surface area (Å²) in [6.45, 7) is 11.4. The van der Waals surface area contributed by atoms with Crippen LogP contribution in [0.4, 0.5) is 4.39 Å². The lowest BCUT2D eigenvalue weighted by Gasteiger charge is -2.32. The van der Waals surface area contributed by atoms with Crippen molar-refractivity contribution in [3.63, 3.8) is 0 Å². The highest BCUT2D eigenvalue weighted by Crippen LogP contribution is 2.42. The van der Waals surface area contributed by atoms with Crippen molar-refractivity contribution < 1.29 is 13.9 Å². The molecule has 2 aromatic rings. The Kier molecular flexibility index (Phi) is 4.04. The summed E-state index contributed by atoms with van der Waals surface area (Å²) >= 11 is 0. The van der Waals surface area contributed by atoms with Gasteiger partial charge in [0.15, 0.2) is 0 Å². The van der Waals surface area contributed by atoms with Gasteiger partial charge >= 0.3 is 0 Å². The van der Waals surface area contributed by atoms with E-state index in [0.717, 1.165) is 38.4 Å². The van der Waals surface area contributed by atoms with Gasteiger partial charge in [0.05, 0.1) is 22.3 Å². The van der Waals surface area contributed by atoms with Crippen molar-refractivity contribution in [2.75, 3.05) is 7.11 Å². The van der Waals surface area contributed by atoms with Gasteiger partial charge in [-0.05, 0) is 58.1 Å². The van der Waals surface area contributed by atoms with E-state index in [1.54, 1.807) is 13.2 Å². The predicted molar refractivity (Wildman–Crippen MR) is 117 cm³/mol. The van der Waals surface area contributed by atoms with Gasteiger partial charge < -0.3 is 4.74 Å². The maximum absolute atomic E-state index is 14.5. The van der Waals surface area contributed by atoms with Crippen LogP contribution in [0.15, 0.2) is 23.8 Å². The molecule has 2 aliphatic rings. The minimum Gasteiger partial charge on any atom is -0.497 e. The number of fused-ring (bicyclic) bond motifs is 3. The molecule has 4 rings (SSSR count). The minimum atomic E-state index is -1.96. The van der Waals surface area contributed by atoms with Crippen LogP contribution in [-0.2, 0) is 6.42 Å². The Bertz CT molecular complexity index is 1090. The molecule has 0 fully saturated rings. The van der Waals surface area contributed by atoms with E-state index in [1.807, 2.05) is 19.1 Å². The molecule has 0 saturated heterocycles. The number of ether oxygens (including phenoxy) is 1. The zero-order valence-corrected chi connectivity index (χ0v) is 19.2. The number of hydrogen-bond acceptors (Lipinski definition) is 2. The Morgan fingerprint density at radius 1 is 1.18 bits per heavy atom. The normalized spacial score (nSPS) is 18.0. The fourth-order valence-electron chi connectivity index (χ4n) is 4.82. The molecule has 1 N–H and O–H groups in total. The largest absolute Gasteiger partial charge is 0.497 e. The van der Waals surface area contributed by atoms with Crippen LogP contribution in [0.2, 0.25) is 26.2 Å². The van der Waals surface area contributed by atoms with Crippen LogP contribution in [0.5, 0.6) is 5.75 Å². The van der Waals surface area contributed by atoms with Gasteiger partial charge in [0.2, 0.25) is 0 Å². The molecule has 1 aliphatic carbocycles. The first kappa shape index (κ1) is 19.1. The molecule has 145 valence electrons. The average molecular weight is 411 g/mol. The Hall–Kier alpha value is -2.19. The summed E-state index contributed by atoms with van der Waals surface area (Å²) in [4.78, 5) is 12.4. The number of carbonyl (C=O) groups is 1. The van der Waals surface area contributed by atoms with Gasteiger partial charge in [-0.15, -0.1) is 0 Å². The molecule has 2 bridgehead atoms. The lowest BCUT2D eigenvalue weighted by atomic mass is 9.92. The minimum absolute atomic E-state index is 0.211. The van der Waals surface area contributed by atoms with E-state index in [-0.39, 0.29) is 5.82 Å². The highest BCUT2D eigenvalue weighted by molar-refractivity contribution is 7.52. The summed E-state index contributed by atoms with van der Waals surface area (Å²) in [6.07, 6.45) is 2.61. The molecule has 6 heteroatoms. The van der Waals surface area contributed by atoms with Crippen molar-refractivity contribution in [1.82, 2.24) is 5.73 Å². The SMILES string of the molecule is COc1c2cc(C([NH])=O)c(-c3ccc(F)c4c3C=C(C)C4)c1[Si](C)(C)[Si]2(C)C. The topological polar surface area (TPSA) is 50.1 Å². The number of halogens is 1. The first-order valence-electron chi connectivity index (χ1n) is 9.53. The third-order valence-electron chi connectivity index (χ3n) is 7.00. The maximum atomic E-state index is 14.5. The number of carbonyl (C=O) groups excluding carboxylic acids is 1. The third kappa shape index (κ3) is 2.27. The summed E-state index contributed by atoms with van der Waals surface area (Å²) < 4.78 is 20.4. The van der Waals surface area contributed by atoms with E-state index < -0.39 is 21.1 Å². The van der Waals surface area contributed by atoms with E-state index in [2.05, 4.69) is 26.2 Å². The number of allylic oxidation sites excluding steroid dienone is 1. The predicted octanol–water partition coefficient (Wildman–Crippen LogP) is 3.81. The van der Waals surface area contributed by atoms with Crippen LogP contribution in [0.1, 0.15) is 28.4 Å². The van der Waals surface area contributed by atoms with Gasteiger partial charge in [-0.25, -0.2) is 4.39 Å². The number of nitrogens with one attached hydrogen (secondary N) is 1. The molecule has 3 nitrogen and oxygen atoms in total. The Labute approximate surface area is 167 Å². The van der Waals surface area contributed by atoms with Crippen molar-refractivity contribution in [3.05, 3.63) is 46.3 Å². The molecule has 1 heterocycles. The van der Waals surface area contributed by atoms with Crippen LogP contribution in [0, 0.1) is 5.82 Å². The first-order valence-corrected chi connectivity index (χ1v) is 16.5. The summed E-state index contributed by atoms with van der Waals surface area (Å²) in [5, 5.41) is 2.28. The van der Waals surface area contributed by atoms with E-state index in [0.29, 0.717) is 17.5 Å². The Morgan fingerprint density at radius 3 is 2.46 bits per heavy atom. The molecule has 0 atom stereocenters. The summed E-state index contributed by atoms with van der Waals surface area (Å²) in [6, 6.07) is 5.18. The molecule has 1 amide bonds. The monoisotopic (exact) mass is 410 g/mol. The van der Waals surface area contributed by atoms with E-state index >= 15 is 0 Å². The van der Waals surface area contributed by atoms with Crippen LogP contribution in [0.25, 0.3) is 17.2 Å². The summed E-state index contributed by atoms with van der Waals surface area (Å²) in [5.41, 5.74) is 12.7. The molecule has 0 aromatic heterocycles. The van der Waals surface area contributed by atoms with Crippen LogP contribution < -0.4 is 20.8 Å². The van der Waals surface area contributed by atoms with Crippen molar-refractivity contribution in [1.29, 1.82) is 0 Å².